The molecule has 0 aliphatic carbocycles. The number of benzene rings is 2. The SMILES string of the molecule is CC(C)(O)c1ccc2c(c1)[nH]c1c(CC(N)=O)ccc(B3OC(C)(C)C(C)(C)O3)c12. The van der Waals surface area contributed by atoms with Crippen molar-refractivity contribution >= 4 is 40.3 Å². The first-order chi connectivity index (χ1) is 13.8. The second-order valence-corrected chi connectivity index (χ2v) is 9.74. The van der Waals surface area contributed by atoms with E-state index in [1.807, 2.05) is 58.0 Å². The van der Waals surface area contributed by atoms with Crippen LogP contribution in [0.4, 0.5) is 0 Å². The summed E-state index contributed by atoms with van der Waals surface area (Å²) in [6.45, 7) is 11.6. The number of primary amides is 1. The quantitative estimate of drug-likeness (QED) is 0.579. The van der Waals surface area contributed by atoms with Gasteiger partial charge in [0.15, 0.2) is 0 Å². The summed E-state index contributed by atoms with van der Waals surface area (Å²) in [6, 6.07) is 9.71. The average Bonchev–Trinajstić information content (AvgIpc) is 3.08. The van der Waals surface area contributed by atoms with Crippen LogP contribution in [0.1, 0.15) is 52.7 Å². The molecule has 1 amide bonds. The second-order valence-electron chi connectivity index (χ2n) is 9.74. The number of carbonyl (C=O) groups excluding carboxylic acids is 1. The molecule has 6 nitrogen and oxygen atoms in total. The van der Waals surface area contributed by atoms with Gasteiger partial charge < -0.3 is 25.1 Å². The van der Waals surface area contributed by atoms with Crippen LogP contribution in [0.2, 0.25) is 0 Å². The van der Waals surface area contributed by atoms with Gasteiger partial charge in [-0.1, -0.05) is 24.3 Å². The van der Waals surface area contributed by atoms with Gasteiger partial charge in [-0.3, -0.25) is 4.79 Å². The van der Waals surface area contributed by atoms with Crippen LogP contribution in [0.5, 0.6) is 0 Å². The number of aromatic nitrogens is 1. The molecule has 30 heavy (non-hydrogen) atoms. The van der Waals surface area contributed by atoms with Gasteiger partial charge in [-0.25, -0.2) is 0 Å². The number of hydrogen-bond acceptors (Lipinski definition) is 4. The Balaban J connectivity index is 1.97. The monoisotopic (exact) mass is 408 g/mol. The summed E-state index contributed by atoms with van der Waals surface area (Å²) in [6.07, 6.45) is 0.130. The third kappa shape index (κ3) is 3.31. The first kappa shape index (κ1) is 20.9. The molecule has 2 heterocycles. The highest BCUT2D eigenvalue weighted by Gasteiger charge is 2.52. The fraction of sp³-hybridized carbons (Fsp3) is 0.435. The largest absolute Gasteiger partial charge is 0.495 e. The molecule has 1 fully saturated rings. The summed E-state index contributed by atoms with van der Waals surface area (Å²) in [5.74, 6) is -0.393. The van der Waals surface area contributed by atoms with Gasteiger partial charge in [0.1, 0.15) is 0 Å². The zero-order valence-electron chi connectivity index (χ0n) is 18.4. The maximum Gasteiger partial charge on any atom is 0.495 e. The van der Waals surface area contributed by atoms with Crippen LogP contribution in [0.3, 0.4) is 0 Å². The van der Waals surface area contributed by atoms with Crippen molar-refractivity contribution in [2.75, 3.05) is 0 Å². The third-order valence-corrected chi connectivity index (χ3v) is 6.45. The Morgan fingerprint density at radius 3 is 2.33 bits per heavy atom. The maximum absolute atomic E-state index is 11.7. The highest BCUT2D eigenvalue weighted by Crippen LogP contribution is 2.38. The molecular formula is C23H29BN2O4. The normalized spacial score (nSPS) is 18.4. The number of nitrogens with one attached hydrogen (secondary N) is 1. The second kappa shape index (κ2) is 6.58. The van der Waals surface area contributed by atoms with E-state index in [9.17, 15) is 9.90 Å². The number of carbonyl (C=O) groups is 1. The molecule has 1 saturated heterocycles. The first-order valence-electron chi connectivity index (χ1n) is 10.2. The first-order valence-corrected chi connectivity index (χ1v) is 10.2. The third-order valence-electron chi connectivity index (χ3n) is 6.45. The Bertz CT molecular complexity index is 1140. The fourth-order valence-corrected chi connectivity index (χ4v) is 3.98. The smallest absolute Gasteiger partial charge is 0.399 e. The number of nitrogens with two attached hydrogens (primary N) is 1. The summed E-state index contributed by atoms with van der Waals surface area (Å²) in [5.41, 5.74) is 7.83. The molecule has 0 atom stereocenters. The number of aliphatic hydroxyl groups is 1. The Morgan fingerprint density at radius 2 is 1.77 bits per heavy atom. The molecule has 7 heteroatoms. The van der Waals surface area contributed by atoms with Gasteiger partial charge in [-0.15, -0.1) is 0 Å². The van der Waals surface area contributed by atoms with Crippen LogP contribution in [0.25, 0.3) is 21.8 Å². The van der Waals surface area contributed by atoms with E-state index in [1.165, 1.54) is 0 Å². The van der Waals surface area contributed by atoms with E-state index in [0.29, 0.717) is 0 Å². The van der Waals surface area contributed by atoms with Gasteiger partial charge in [0.05, 0.1) is 23.2 Å². The number of rotatable bonds is 4. The minimum absolute atomic E-state index is 0.130. The molecule has 0 saturated carbocycles. The van der Waals surface area contributed by atoms with Crippen LogP contribution < -0.4 is 11.2 Å². The molecule has 3 aromatic rings. The van der Waals surface area contributed by atoms with E-state index >= 15 is 0 Å². The molecule has 2 aromatic carbocycles. The molecule has 0 bridgehead atoms. The Kier molecular flexibility index (Phi) is 4.58. The van der Waals surface area contributed by atoms with E-state index in [2.05, 4.69) is 4.98 Å². The van der Waals surface area contributed by atoms with Gasteiger partial charge >= 0.3 is 7.12 Å². The van der Waals surface area contributed by atoms with Crippen molar-refractivity contribution in [3.63, 3.8) is 0 Å². The van der Waals surface area contributed by atoms with E-state index in [0.717, 1.165) is 38.4 Å². The van der Waals surface area contributed by atoms with Crippen molar-refractivity contribution in [3.05, 3.63) is 41.5 Å². The lowest BCUT2D eigenvalue weighted by molar-refractivity contribution is -0.117. The molecule has 0 unspecified atom stereocenters. The number of fused-ring (bicyclic) bond motifs is 3. The summed E-state index contributed by atoms with van der Waals surface area (Å²) in [5, 5.41) is 12.4. The minimum Gasteiger partial charge on any atom is -0.399 e. The van der Waals surface area contributed by atoms with Crippen LogP contribution in [0.15, 0.2) is 30.3 Å². The predicted molar refractivity (Wildman–Crippen MR) is 120 cm³/mol. The number of H-pyrrole nitrogens is 1. The van der Waals surface area contributed by atoms with Crippen molar-refractivity contribution in [1.29, 1.82) is 0 Å². The van der Waals surface area contributed by atoms with E-state index in [4.69, 9.17) is 15.0 Å². The lowest BCUT2D eigenvalue weighted by atomic mass is 9.75. The molecular weight excluding hydrogens is 379 g/mol. The number of aromatic amines is 1. The zero-order chi connectivity index (χ0) is 22.1. The van der Waals surface area contributed by atoms with Gasteiger partial charge in [-0.05, 0) is 64.2 Å². The van der Waals surface area contributed by atoms with Crippen molar-refractivity contribution in [3.8, 4) is 0 Å². The van der Waals surface area contributed by atoms with Gasteiger partial charge in [0.25, 0.3) is 0 Å². The molecule has 158 valence electrons. The minimum atomic E-state index is -0.962. The standard InChI is InChI=1S/C23H29BN2O4/c1-21(2,28)14-8-9-15-17(12-14)26-20-13(11-18(25)27)7-10-16(19(15)20)24-29-22(3,4)23(5,6)30-24/h7-10,12,26,28H,11H2,1-6H3,(H2,25,27). The fourth-order valence-electron chi connectivity index (χ4n) is 3.98. The Hall–Kier alpha value is -2.35. The van der Waals surface area contributed by atoms with Crippen molar-refractivity contribution in [2.45, 2.75) is 64.8 Å². The van der Waals surface area contributed by atoms with Gasteiger partial charge in [0.2, 0.25) is 5.91 Å². The number of hydrogen-bond donors (Lipinski definition) is 3. The van der Waals surface area contributed by atoms with Crippen LogP contribution >= 0.6 is 0 Å². The molecule has 0 spiro atoms. The summed E-state index contributed by atoms with van der Waals surface area (Å²) in [4.78, 5) is 15.1. The highest BCUT2D eigenvalue weighted by atomic mass is 16.7. The van der Waals surface area contributed by atoms with Crippen LogP contribution in [0, 0.1) is 0 Å². The van der Waals surface area contributed by atoms with Crippen molar-refractivity contribution in [1.82, 2.24) is 4.98 Å². The van der Waals surface area contributed by atoms with E-state index in [1.54, 1.807) is 13.8 Å². The summed E-state index contributed by atoms with van der Waals surface area (Å²) in [7, 11) is -0.534. The Morgan fingerprint density at radius 1 is 1.13 bits per heavy atom. The zero-order valence-corrected chi connectivity index (χ0v) is 18.4. The summed E-state index contributed by atoms with van der Waals surface area (Å²) < 4.78 is 12.6. The maximum atomic E-state index is 11.7. The van der Waals surface area contributed by atoms with Crippen LogP contribution in [-0.4, -0.2) is 34.3 Å². The molecule has 4 N–H and O–H groups in total. The number of amides is 1. The lowest BCUT2D eigenvalue weighted by Crippen LogP contribution is -2.41. The van der Waals surface area contributed by atoms with Gasteiger partial charge in [0, 0.05) is 21.8 Å². The van der Waals surface area contributed by atoms with E-state index < -0.39 is 29.8 Å². The lowest BCUT2D eigenvalue weighted by Gasteiger charge is -2.32. The van der Waals surface area contributed by atoms with Gasteiger partial charge in [-0.2, -0.15) is 0 Å². The van der Waals surface area contributed by atoms with Crippen molar-refractivity contribution in [2.24, 2.45) is 5.73 Å². The van der Waals surface area contributed by atoms with Crippen molar-refractivity contribution < 1.29 is 19.2 Å². The molecule has 4 rings (SSSR count). The molecule has 1 aliphatic rings. The summed E-state index contributed by atoms with van der Waals surface area (Å²) >= 11 is 0. The van der Waals surface area contributed by atoms with Crippen LogP contribution in [-0.2, 0) is 26.1 Å². The van der Waals surface area contributed by atoms with E-state index in [-0.39, 0.29) is 6.42 Å². The topological polar surface area (TPSA) is 97.6 Å². The molecule has 0 radical (unpaired) electrons. The molecule has 1 aliphatic heterocycles. The molecule has 1 aromatic heterocycles. The Labute approximate surface area is 176 Å². The highest BCUT2D eigenvalue weighted by molar-refractivity contribution is 6.66. The predicted octanol–water partition coefficient (Wildman–Crippen LogP) is 2.88. The average molecular weight is 408 g/mol.